The quantitative estimate of drug-likeness (QED) is 0.646. The predicted molar refractivity (Wildman–Crippen MR) is 82.3 cm³/mol. The van der Waals surface area contributed by atoms with Crippen molar-refractivity contribution in [2.75, 3.05) is 0 Å². The molecule has 2 aliphatic rings. The minimum Gasteiger partial charge on any atom is -0.375 e. The van der Waals surface area contributed by atoms with Gasteiger partial charge in [0, 0.05) is 28.7 Å². The number of aryl methyl sites for hydroxylation is 1. The molecule has 1 unspecified atom stereocenters. The number of fused-ring (bicyclic) bond motifs is 3. The Labute approximate surface area is 133 Å². The van der Waals surface area contributed by atoms with E-state index in [0.29, 0.717) is 35.1 Å². The number of nitriles is 1. The maximum Gasteiger partial charge on any atom is 0.194 e. The molecule has 0 heterocycles. The number of aliphatic hydroxyl groups is 1. The van der Waals surface area contributed by atoms with Crippen LogP contribution in [0.2, 0.25) is 0 Å². The van der Waals surface area contributed by atoms with Crippen molar-refractivity contribution < 1.29 is 14.7 Å². The molecule has 0 fully saturated rings. The van der Waals surface area contributed by atoms with Crippen LogP contribution in [0.15, 0.2) is 36.4 Å². The van der Waals surface area contributed by atoms with E-state index in [9.17, 15) is 14.7 Å². The molecular formula is C19H13NO3. The Balaban J connectivity index is 1.89. The Kier molecular flexibility index (Phi) is 2.78. The summed E-state index contributed by atoms with van der Waals surface area (Å²) >= 11 is 0. The highest BCUT2D eigenvalue weighted by atomic mass is 16.3. The summed E-state index contributed by atoms with van der Waals surface area (Å²) in [4.78, 5) is 25.4. The number of carbonyl (C=O) groups excluding carboxylic acids is 2. The molecule has 0 aliphatic heterocycles. The van der Waals surface area contributed by atoms with Crippen molar-refractivity contribution >= 4 is 11.6 Å². The van der Waals surface area contributed by atoms with E-state index in [0.717, 1.165) is 11.1 Å². The molecule has 0 amide bonds. The van der Waals surface area contributed by atoms with Crippen LogP contribution in [0.3, 0.4) is 0 Å². The normalized spacial score (nSPS) is 21.9. The van der Waals surface area contributed by atoms with Crippen LogP contribution in [-0.4, -0.2) is 22.3 Å². The van der Waals surface area contributed by atoms with Crippen LogP contribution in [0.1, 0.15) is 49.4 Å². The van der Waals surface area contributed by atoms with Gasteiger partial charge in [0.15, 0.2) is 17.2 Å². The van der Waals surface area contributed by atoms with Gasteiger partial charge in [0.1, 0.15) is 0 Å². The first-order valence-corrected chi connectivity index (χ1v) is 7.50. The minimum absolute atomic E-state index is 0.140. The summed E-state index contributed by atoms with van der Waals surface area (Å²) in [6.07, 6.45) is 1.05. The minimum atomic E-state index is -1.39. The van der Waals surface area contributed by atoms with Gasteiger partial charge in [-0.3, -0.25) is 9.59 Å². The van der Waals surface area contributed by atoms with E-state index < -0.39 is 5.60 Å². The summed E-state index contributed by atoms with van der Waals surface area (Å²) in [5.74, 6) is -0.316. The van der Waals surface area contributed by atoms with Gasteiger partial charge in [-0.15, -0.1) is 0 Å². The van der Waals surface area contributed by atoms with Crippen molar-refractivity contribution in [3.8, 4) is 6.07 Å². The van der Waals surface area contributed by atoms with E-state index in [1.54, 1.807) is 36.4 Å². The second-order valence-electron chi connectivity index (χ2n) is 6.19. The van der Waals surface area contributed by atoms with E-state index in [1.807, 2.05) is 6.07 Å². The summed E-state index contributed by atoms with van der Waals surface area (Å²) in [6.45, 7) is 0. The highest BCUT2D eigenvalue weighted by Crippen LogP contribution is 2.34. The fourth-order valence-corrected chi connectivity index (χ4v) is 3.47. The fourth-order valence-electron chi connectivity index (χ4n) is 3.47. The van der Waals surface area contributed by atoms with E-state index >= 15 is 0 Å². The zero-order chi connectivity index (χ0) is 16.2. The first-order valence-electron chi connectivity index (χ1n) is 7.50. The smallest absolute Gasteiger partial charge is 0.194 e. The maximum absolute atomic E-state index is 12.7. The molecule has 0 saturated heterocycles. The molecular weight excluding hydrogens is 290 g/mol. The highest BCUT2D eigenvalue weighted by molar-refractivity contribution is 6.28. The molecule has 2 aromatic carbocycles. The predicted octanol–water partition coefficient (Wildman–Crippen LogP) is 2.21. The van der Waals surface area contributed by atoms with Crippen molar-refractivity contribution in [1.29, 1.82) is 5.26 Å². The lowest BCUT2D eigenvalue weighted by molar-refractivity contribution is 0.0838. The first-order chi connectivity index (χ1) is 11.0. The van der Waals surface area contributed by atoms with Crippen molar-refractivity contribution in [2.45, 2.75) is 24.9 Å². The van der Waals surface area contributed by atoms with Crippen molar-refractivity contribution in [2.24, 2.45) is 0 Å². The van der Waals surface area contributed by atoms with Gasteiger partial charge in [0.05, 0.1) is 6.07 Å². The molecule has 23 heavy (non-hydrogen) atoms. The van der Waals surface area contributed by atoms with Crippen LogP contribution in [-0.2, 0) is 12.8 Å². The lowest BCUT2D eigenvalue weighted by Gasteiger charge is -2.29. The monoisotopic (exact) mass is 303 g/mol. The van der Waals surface area contributed by atoms with E-state index in [1.165, 1.54) is 0 Å². The second kappa shape index (κ2) is 4.61. The van der Waals surface area contributed by atoms with Crippen LogP contribution in [0.5, 0.6) is 0 Å². The van der Waals surface area contributed by atoms with E-state index in [-0.39, 0.29) is 18.0 Å². The SMILES string of the molecule is N#CC1(O)CCc2cc3c(cc2C1)C(=O)c1ccccc1C3=O. The Morgan fingerprint density at radius 2 is 1.52 bits per heavy atom. The van der Waals surface area contributed by atoms with Crippen molar-refractivity contribution in [3.63, 3.8) is 0 Å². The van der Waals surface area contributed by atoms with Gasteiger partial charge in [-0.2, -0.15) is 5.26 Å². The summed E-state index contributed by atoms with van der Waals surface area (Å²) in [5, 5.41) is 19.3. The number of nitrogens with zero attached hydrogens (tertiary/aromatic N) is 1. The van der Waals surface area contributed by atoms with Gasteiger partial charge in [-0.05, 0) is 36.1 Å². The summed E-state index contributed by atoms with van der Waals surface area (Å²) in [6, 6.07) is 12.2. The Morgan fingerprint density at radius 1 is 0.957 bits per heavy atom. The van der Waals surface area contributed by atoms with Gasteiger partial charge >= 0.3 is 0 Å². The standard InChI is InChI=1S/C19H13NO3/c20-10-19(23)6-5-11-7-15-16(8-12(11)9-19)18(22)14-4-2-1-3-13(14)17(15)21/h1-4,7-8,23H,5-6,9H2. The first kappa shape index (κ1) is 13.9. The zero-order valence-corrected chi connectivity index (χ0v) is 12.3. The average molecular weight is 303 g/mol. The largest absolute Gasteiger partial charge is 0.375 e. The summed E-state index contributed by atoms with van der Waals surface area (Å²) in [7, 11) is 0. The molecule has 2 aliphatic carbocycles. The Hall–Kier alpha value is -2.77. The molecule has 2 aromatic rings. The van der Waals surface area contributed by atoms with Gasteiger partial charge in [0.2, 0.25) is 0 Å². The van der Waals surface area contributed by atoms with Crippen molar-refractivity contribution in [1.82, 2.24) is 0 Å². The lowest BCUT2D eigenvalue weighted by Crippen LogP contribution is -2.34. The molecule has 4 heteroatoms. The lowest BCUT2D eigenvalue weighted by atomic mass is 9.76. The summed E-state index contributed by atoms with van der Waals surface area (Å²) in [5.41, 5.74) is 1.97. The molecule has 0 radical (unpaired) electrons. The average Bonchev–Trinajstić information content (AvgIpc) is 2.58. The third-order valence-corrected chi connectivity index (χ3v) is 4.74. The van der Waals surface area contributed by atoms with Crippen LogP contribution >= 0.6 is 0 Å². The van der Waals surface area contributed by atoms with Gasteiger partial charge in [0.25, 0.3) is 0 Å². The summed E-state index contributed by atoms with van der Waals surface area (Å²) < 4.78 is 0. The van der Waals surface area contributed by atoms with Crippen LogP contribution in [0.25, 0.3) is 0 Å². The molecule has 0 spiro atoms. The Morgan fingerprint density at radius 3 is 2.09 bits per heavy atom. The number of ketones is 2. The van der Waals surface area contributed by atoms with Crippen LogP contribution in [0, 0.1) is 11.3 Å². The second-order valence-corrected chi connectivity index (χ2v) is 6.19. The molecule has 112 valence electrons. The van der Waals surface area contributed by atoms with Gasteiger partial charge in [-0.1, -0.05) is 24.3 Å². The van der Waals surface area contributed by atoms with Crippen LogP contribution < -0.4 is 0 Å². The number of benzene rings is 2. The zero-order valence-electron chi connectivity index (χ0n) is 12.3. The number of rotatable bonds is 0. The fraction of sp³-hybridized carbons (Fsp3) is 0.211. The molecule has 0 aromatic heterocycles. The molecule has 0 bridgehead atoms. The number of hydrogen-bond donors (Lipinski definition) is 1. The third-order valence-electron chi connectivity index (χ3n) is 4.74. The third kappa shape index (κ3) is 1.94. The number of carbonyl (C=O) groups is 2. The molecule has 4 rings (SSSR count). The van der Waals surface area contributed by atoms with Crippen LogP contribution in [0.4, 0.5) is 0 Å². The molecule has 0 saturated carbocycles. The molecule has 4 nitrogen and oxygen atoms in total. The maximum atomic E-state index is 12.7. The number of hydrogen-bond acceptors (Lipinski definition) is 4. The highest BCUT2D eigenvalue weighted by Gasteiger charge is 2.35. The van der Waals surface area contributed by atoms with E-state index in [2.05, 4.69) is 0 Å². The van der Waals surface area contributed by atoms with Crippen molar-refractivity contribution in [3.05, 3.63) is 69.8 Å². The van der Waals surface area contributed by atoms with E-state index in [4.69, 9.17) is 5.26 Å². The van der Waals surface area contributed by atoms with Gasteiger partial charge < -0.3 is 5.11 Å². The van der Waals surface area contributed by atoms with Gasteiger partial charge in [-0.25, -0.2) is 0 Å². The topological polar surface area (TPSA) is 78.2 Å². The molecule has 1 atom stereocenters. The molecule has 1 N–H and O–H groups in total. The Bertz CT molecular complexity index is 923.